The fraction of sp³-hybridized carbons (Fsp3) is 0.730. The summed E-state index contributed by atoms with van der Waals surface area (Å²) in [6.45, 7) is 18.1. The highest BCUT2D eigenvalue weighted by Gasteiger charge is 2.54. The molecule has 4 heteroatoms. The maximum Gasteiger partial charge on any atom is 0.386 e. The maximum absolute atomic E-state index is 18.6. The second kappa shape index (κ2) is 14.1. The smallest absolute Gasteiger partial charge is 0.307 e. The van der Waals surface area contributed by atoms with Crippen LogP contribution in [-0.2, 0) is 4.74 Å². The van der Waals surface area contributed by atoms with Crippen molar-refractivity contribution in [3.63, 3.8) is 0 Å². The van der Waals surface area contributed by atoms with Crippen LogP contribution >= 0.6 is 0 Å². The minimum atomic E-state index is -2.09. The van der Waals surface area contributed by atoms with Crippen LogP contribution in [0.2, 0.25) is 0 Å². The van der Waals surface area contributed by atoms with Gasteiger partial charge in [-0.2, -0.15) is 4.39 Å². The lowest BCUT2D eigenvalue weighted by atomic mass is 9.80. The number of alkyl halides is 1. The molecule has 3 nitrogen and oxygen atoms in total. The molecule has 230 valence electrons. The molecule has 41 heavy (non-hydrogen) atoms. The third kappa shape index (κ3) is 7.06. The van der Waals surface area contributed by atoms with Crippen LogP contribution in [0.1, 0.15) is 126 Å². The second-order valence-corrected chi connectivity index (χ2v) is 14.3. The van der Waals surface area contributed by atoms with Gasteiger partial charge in [-0.25, -0.2) is 0 Å². The molecule has 0 saturated heterocycles. The number of halogens is 1. The van der Waals surface area contributed by atoms with E-state index in [0.717, 1.165) is 49.9 Å². The van der Waals surface area contributed by atoms with Crippen molar-refractivity contribution >= 4 is 0 Å². The van der Waals surface area contributed by atoms with Gasteiger partial charge in [0.1, 0.15) is 0 Å². The maximum atomic E-state index is 18.6. The van der Waals surface area contributed by atoms with Crippen LogP contribution in [0, 0.1) is 35.5 Å². The van der Waals surface area contributed by atoms with Gasteiger partial charge in [0.25, 0.3) is 0 Å². The molecule has 0 amide bonds. The van der Waals surface area contributed by atoms with Crippen molar-refractivity contribution in [2.24, 2.45) is 35.5 Å². The molecule has 0 aromatic carbocycles. The van der Waals surface area contributed by atoms with Gasteiger partial charge in [0, 0.05) is 35.6 Å². The van der Waals surface area contributed by atoms with Crippen LogP contribution in [0.25, 0.3) is 0 Å². The van der Waals surface area contributed by atoms with E-state index in [1.807, 2.05) is 22.2 Å². The molecule has 3 aliphatic carbocycles. The average Bonchev–Trinajstić information content (AvgIpc) is 3.26. The van der Waals surface area contributed by atoms with Crippen LogP contribution in [0.15, 0.2) is 59.2 Å². The summed E-state index contributed by atoms with van der Waals surface area (Å²) >= 11 is 0. The number of hydrogen-bond acceptors (Lipinski definition) is 3. The third-order valence-corrected chi connectivity index (χ3v) is 9.87. The Morgan fingerprint density at radius 3 is 1.41 bits per heavy atom. The molecule has 4 aliphatic rings. The molecular weight excluding hydrogens is 507 g/mol. The van der Waals surface area contributed by atoms with Crippen molar-refractivity contribution in [1.29, 1.82) is 0 Å². The minimum Gasteiger partial charge on any atom is -0.307 e. The summed E-state index contributed by atoms with van der Waals surface area (Å²) < 4.78 is 25.5. The van der Waals surface area contributed by atoms with Crippen LogP contribution in [0.5, 0.6) is 0 Å². The van der Waals surface area contributed by atoms with Crippen LogP contribution in [0.4, 0.5) is 4.39 Å². The molecule has 2 unspecified atom stereocenters. The average molecular weight is 567 g/mol. The first-order valence-corrected chi connectivity index (χ1v) is 17.0. The Morgan fingerprint density at radius 1 is 0.659 bits per heavy atom. The van der Waals surface area contributed by atoms with Gasteiger partial charge in [-0.05, 0) is 60.5 Å². The van der Waals surface area contributed by atoms with Gasteiger partial charge >= 0.3 is 6.10 Å². The highest BCUT2D eigenvalue weighted by Crippen LogP contribution is 2.49. The molecule has 0 N–H and O–H groups in total. The van der Waals surface area contributed by atoms with Gasteiger partial charge in [-0.1, -0.05) is 125 Å². The van der Waals surface area contributed by atoms with E-state index >= 15 is 4.39 Å². The molecule has 2 atom stereocenters. The van der Waals surface area contributed by atoms with Crippen molar-refractivity contribution in [2.75, 3.05) is 0 Å². The van der Waals surface area contributed by atoms with E-state index in [4.69, 9.17) is 4.74 Å². The van der Waals surface area contributed by atoms with E-state index in [-0.39, 0.29) is 17.9 Å². The van der Waals surface area contributed by atoms with E-state index in [1.54, 1.807) is 0 Å². The van der Waals surface area contributed by atoms with Crippen LogP contribution in [-0.4, -0.2) is 22.0 Å². The molecule has 1 aliphatic heterocycles. The molecule has 4 rings (SSSR count). The van der Waals surface area contributed by atoms with Crippen LogP contribution in [0.3, 0.4) is 0 Å². The number of allylic oxidation sites excluding steroid dienone is 8. The van der Waals surface area contributed by atoms with Gasteiger partial charge in [0.15, 0.2) is 0 Å². The Labute approximate surface area is 251 Å². The van der Waals surface area contributed by atoms with E-state index in [2.05, 4.69) is 79.7 Å². The number of nitrogens with zero attached hydrogens (tertiary/aromatic N) is 2. The lowest BCUT2D eigenvalue weighted by Crippen LogP contribution is -2.55. The fourth-order valence-corrected chi connectivity index (χ4v) is 7.40. The van der Waals surface area contributed by atoms with Gasteiger partial charge in [-0.3, -0.25) is 9.80 Å². The van der Waals surface area contributed by atoms with Crippen molar-refractivity contribution in [2.45, 2.75) is 138 Å². The molecule has 1 saturated carbocycles. The molecule has 1 heterocycles. The highest BCUT2D eigenvalue weighted by molar-refractivity contribution is 5.38. The third-order valence-electron chi connectivity index (χ3n) is 9.87. The standard InChI is InChI=1S/C37H59FN2O/c1-26(2)31-20-16-21-32(27(3)4)35(31)39-24-25-40(36-33(28(5)6)22-17-23-34(36)29(7)8)37(39,38)41-30-18-14-12-10-9-11-13-15-19-30/h16-17,20,22,24-30,32,34H,9-15,18-19,21,23H2,1-8H3. The zero-order valence-corrected chi connectivity index (χ0v) is 27.5. The van der Waals surface area contributed by atoms with E-state index in [9.17, 15) is 0 Å². The first-order valence-electron chi connectivity index (χ1n) is 17.0. The Hall–Kier alpha value is -1.81. The molecule has 0 aromatic heterocycles. The topological polar surface area (TPSA) is 15.7 Å². The molecule has 0 bridgehead atoms. The minimum absolute atomic E-state index is 0.0949. The SMILES string of the molecule is CC(C)C1=C(N2C=CN(C3=C(C(C)C)C=CCC3C(C)C)C2(F)OC2CCCCCCCCC2)C(C(C)C)CC=C1. The summed E-state index contributed by atoms with van der Waals surface area (Å²) in [6.07, 6.45) is 23.2. The van der Waals surface area contributed by atoms with E-state index < -0.39 is 6.10 Å². The lowest BCUT2D eigenvalue weighted by Gasteiger charge is -2.47. The van der Waals surface area contributed by atoms with Crippen molar-refractivity contribution < 1.29 is 9.13 Å². The zero-order valence-electron chi connectivity index (χ0n) is 27.5. The van der Waals surface area contributed by atoms with Gasteiger partial charge in [0.2, 0.25) is 0 Å². The zero-order chi connectivity index (χ0) is 29.7. The Kier molecular flexibility index (Phi) is 11.0. The Morgan fingerprint density at radius 2 is 1.05 bits per heavy atom. The molecular formula is C37H59FN2O. The predicted molar refractivity (Wildman–Crippen MR) is 171 cm³/mol. The molecule has 0 aromatic rings. The summed E-state index contributed by atoms with van der Waals surface area (Å²) in [5.41, 5.74) is 4.69. The van der Waals surface area contributed by atoms with Crippen molar-refractivity contribution in [3.05, 3.63) is 59.2 Å². The number of ether oxygens (including phenoxy) is 1. The highest BCUT2D eigenvalue weighted by atomic mass is 19.2. The normalized spacial score (nSPS) is 28.9. The van der Waals surface area contributed by atoms with Crippen LogP contribution < -0.4 is 0 Å². The number of rotatable bonds is 8. The van der Waals surface area contributed by atoms with E-state index in [1.165, 1.54) is 43.3 Å². The summed E-state index contributed by atoms with van der Waals surface area (Å²) in [7, 11) is 0. The Bertz CT molecular complexity index is 956. The molecule has 1 fully saturated rings. The summed E-state index contributed by atoms with van der Waals surface area (Å²) in [5, 5.41) is 0. The monoisotopic (exact) mass is 566 g/mol. The first-order chi connectivity index (χ1) is 19.6. The summed E-state index contributed by atoms with van der Waals surface area (Å²) in [5.74, 6) is 1.89. The van der Waals surface area contributed by atoms with Gasteiger partial charge in [0.05, 0.1) is 6.10 Å². The van der Waals surface area contributed by atoms with Crippen molar-refractivity contribution in [3.8, 4) is 0 Å². The largest absolute Gasteiger partial charge is 0.386 e. The second-order valence-electron chi connectivity index (χ2n) is 14.3. The fourth-order valence-electron chi connectivity index (χ4n) is 7.40. The molecule has 0 spiro atoms. The van der Waals surface area contributed by atoms with Gasteiger partial charge < -0.3 is 4.74 Å². The van der Waals surface area contributed by atoms with Gasteiger partial charge in [-0.15, -0.1) is 0 Å². The Balaban J connectivity index is 1.85. The molecule has 0 radical (unpaired) electrons. The lowest BCUT2D eigenvalue weighted by molar-refractivity contribution is -0.301. The summed E-state index contributed by atoms with van der Waals surface area (Å²) in [4.78, 5) is 3.85. The quantitative estimate of drug-likeness (QED) is 0.272. The first kappa shape index (κ1) is 32.1. The summed E-state index contributed by atoms with van der Waals surface area (Å²) in [6, 6.07) is 0. The predicted octanol–water partition coefficient (Wildman–Crippen LogP) is 10.9. The number of hydrogen-bond donors (Lipinski definition) is 0. The van der Waals surface area contributed by atoms with E-state index in [0.29, 0.717) is 23.7 Å². The van der Waals surface area contributed by atoms with Crippen molar-refractivity contribution in [1.82, 2.24) is 9.80 Å².